The number of carbonyl (C=O) groups excluding carboxylic acids is 3. The third kappa shape index (κ3) is 6.04. The highest BCUT2D eigenvalue weighted by molar-refractivity contribution is 5.96. The van der Waals surface area contributed by atoms with Crippen LogP contribution in [-0.2, 0) is 14.3 Å². The lowest BCUT2D eigenvalue weighted by atomic mass is 10.0. The molecular formula is C26H26N2O4. The lowest BCUT2D eigenvalue weighted by Gasteiger charge is -2.25. The Balaban J connectivity index is 1.44. The molecule has 1 atom stereocenters. The van der Waals surface area contributed by atoms with Gasteiger partial charge in [0.15, 0.2) is 6.61 Å². The van der Waals surface area contributed by atoms with Gasteiger partial charge in [0.1, 0.15) is 6.54 Å². The Kier molecular flexibility index (Phi) is 7.75. The van der Waals surface area contributed by atoms with Crippen molar-refractivity contribution in [2.45, 2.75) is 13.0 Å². The van der Waals surface area contributed by atoms with Gasteiger partial charge in [-0.15, -0.1) is 0 Å². The normalized spacial score (nSPS) is 11.3. The largest absolute Gasteiger partial charge is 0.454 e. The van der Waals surface area contributed by atoms with Crippen molar-refractivity contribution < 1.29 is 19.1 Å². The molecule has 0 aliphatic heterocycles. The number of hydrogen-bond donors (Lipinski definition) is 1. The zero-order chi connectivity index (χ0) is 22.9. The summed E-state index contributed by atoms with van der Waals surface area (Å²) in [5, 5.41) is 2.52. The number of carbonyl (C=O) groups is 3. The van der Waals surface area contributed by atoms with Gasteiger partial charge >= 0.3 is 5.97 Å². The summed E-state index contributed by atoms with van der Waals surface area (Å²) in [6.45, 7) is 1.21. The van der Waals surface area contributed by atoms with Crippen LogP contribution in [0.15, 0.2) is 84.9 Å². The molecule has 0 saturated heterocycles. The molecule has 32 heavy (non-hydrogen) atoms. The Labute approximate surface area is 187 Å². The second-order valence-corrected chi connectivity index (χ2v) is 7.38. The highest BCUT2D eigenvalue weighted by Crippen LogP contribution is 2.19. The maximum atomic E-state index is 12.3. The molecule has 0 fully saturated rings. The average Bonchev–Trinajstić information content (AvgIpc) is 2.86. The van der Waals surface area contributed by atoms with Gasteiger partial charge in [-0.3, -0.25) is 14.4 Å². The molecule has 3 aromatic rings. The number of nitrogens with one attached hydrogen (secondary N) is 1. The number of hydrogen-bond acceptors (Lipinski definition) is 4. The fourth-order valence-corrected chi connectivity index (χ4v) is 3.17. The van der Waals surface area contributed by atoms with Crippen molar-refractivity contribution in [3.8, 4) is 11.1 Å². The van der Waals surface area contributed by atoms with E-state index in [0.29, 0.717) is 5.56 Å². The first-order valence-electron chi connectivity index (χ1n) is 10.4. The van der Waals surface area contributed by atoms with Crippen LogP contribution in [0.5, 0.6) is 0 Å². The van der Waals surface area contributed by atoms with Crippen LogP contribution in [0.3, 0.4) is 0 Å². The van der Waals surface area contributed by atoms with Gasteiger partial charge in [-0.1, -0.05) is 72.8 Å². The second kappa shape index (κ2) is 10.9. The van der Waals surface area contributed by atoms with Crippen molar-refractivity contribution >= 4 is 17.8 Å². The molecule has 1 unspecified atom stereocenters. The Morgan fingerprint density at radius 1 is 0.844 bits per heavy atom. The van der Waals surface area contributed by atoms with Gasteiger partial charge in [-0.25, -0.2) is 0 Å². The summed E-state index contributed by atoms with van der Waals surface area (Å²) in [5.41, 5.74) is 3.47. The monoisotopic (exact) mass is 430 g/mol. The summed E-state index contributed by atoms with van der Waals surface area (Å²) < 4.78 is 5.03. The van der Waals surface area contributed by atoms with E-state index >= 15 is 0 Å². The molecule has 3 aromatic carbocycles. The third-order valence-corrected chi connectivity index (χ3v) is 5.26. The first-order chi connectivity index (χ1) is 15.5. The summed E-state index contributed by atoms with van der Waals surface area (Å²) in [4.78, 5) is 38.1. The lowest BCUT2D eigenvalue weighted by Crippen LogP contribution is -2.36. The van der Waals surface area contributed by atoms with Crippen LogP contribution in [-0.4, -0.2) is 42.9 Å². The maximum Gasteiger partial charge on any atom is 0.325 e. The molecule has 0 bridgehead atoms. The highest BCUT2D eigenvalue weighted by Gasteiger charge is 2.19. The smallest absolute Gasteiger partial charge is 0.325 e. The fraction of sp³-hybridized carbons (Fsp3) is 0.192. The van der Waals surface area contributed by atoms with Crippen LogP contribution in [0.1, 0.15) is 28.9 Å². The topological polar surface area (TPSA) is 75.7 Å². The zero-order valence-corrected chi connectivity index (χ0v) is 18.2. The van der Waals surface area contributed by atoms with Gasteiger partial charge in [-0.2, -0.15) is 0 Å². The number of nitrogens with zero attached hydrogens (tertiary/aromatic N) is 1. The number of amides is 2. The minimum absolute atomic E-state index is 0.152. The molecule has 0 aliphatic carbocycles. The number of ether oxygens (including phenoxy) is 1. The van der Waals surface area contributed by atoms with Crippen LogP contribution in [0.25, 0.3) is 11.1 Å². The summed E-state index contributed by atoms with van der Waals surface area (Å²) in [7, 11) is 1.66. The summed E-state index contributed by atoms with van der Waals surface area (Å²) in [5.74, 6) is -1.38. The van der Waals surface area contributed by atoms with Gasteiger partial charge in [0.05, 0.1) is 6.04 Å². The van der Waals surface area contributed by atoms with Crippen LogP contribution >= 0.6 is 0 Å². The lowest BCUT2D eigenvalue weighted by molar-refractivity contribution is -0.151. The number of rotatable bonds is 8. The Bertz CT molecular complexity index is 1050. The first-order valence-corrected chi connectivity index (χ1v) is 10.4. The molecule has 3 rings (SSSR count). The molecule has 0 aliphatic rings. The molecule has 0 aromatic heterocycles. The minimum atomic E-state index is -0.673. The molecule has 2 amide bonds. The van der Waals surface area contributed by atoms with Crippen molar-refractivity contribution in [2.24, 2.45) is 0 Å². The van der Waals surface area contributed by atoms with Crippen LogP contribution in [0.4, 0.5) is 0 Å². The molecule has 0 radical (unpaired) electrons. The number of benzene rings is 3. The zero-order valence-electron chi connectivity index (χ0n) is 18.2. The van der Waals surface area contributed by atoms with E-state index in [1.807, 2.05) is 79.7 Å². The quantitative estimate of drug-likeness (QED) is 0.551. The van der Waals surface area contributed by atoms with Gasteiger partial charge in [0.25, 0.3) is 11.8 Å². The summed E-state index contributed by atoms with van der Waals surface area (Å²) in [6.07, 6.45) is 0. The fourth-order valence-electron chi connectivity index (χ4n) is 3.17. The highest BCUT2D eigenvalue weighted by atomic mass is 16.5. The predicted molar refractivity (Wildman–Crippen MR) is 123 cm³/mol. The van der Waals surface area contributed by atoms with E-state index in [1.165, 1.54) is 4.90 Å². The van der Waals surface area contributed by atoms with E-state index in [-0.39, 0.29) is 31.0 Å². The van der Waals surface area contributed by atoms with Crippen LogP contribution < -0.4 is 5.32 Å². The average molecular weight is 431 g/mol. The Hall–Kier alpha value is -3.93. The van der Waals surface area contributed by atoms with Gasteiger partial charge in [-0.05, 0) is 35.7 Å². The van der Waals surface area contributed by atoms with E-state index in [9.17, 15) is 14.4 Å². The Morgan fingerprint density at radius 2 is 1.41 bits per heavy atom. The van der Waals surface area contributed by atoms with Crippen molar-refractivity contribution in [1.29, 1.82) is 0 Å². The molecule has 6 nitrogen and oxygen atoms in total. The van der Waals surface area contributed by atoms with Crippen LogP contribution in [0.2, 0.25) is 0 Å². The van der Waals surface area contributed by atoms with E-state index in [0.717, 1.165) is 16.7 Å². The SMILES string of the molecule is CC(c1ccccc1)N(C)C(=O)COC(=O)CNC(=O)c1ccc(-c2ccccc2)cc1. The number of likely N-dealkylation sites (N-methyl/N-ethyl adjacent to an activating group) is 1. The van der Waals surface area contributed by atoms with Crippen LogP contribution in [0, 0.1) is 0 Å². The molecule has 1 N–H and O–H groups in total. The summed E-state index contributed by atoms with van der Waals surface area (Å²) >= 11 is 0. The predicted octanol–water partition coefficient (Wildman–Crippen LogP) is 3.85. The van der Waals surface area contributed by atoms with E-state index < -0.39 is 5.97 Å². The molecule has 0 heterocycles. The molecule has 0 saturated carbocycles. The van der Waals surface area contributed by atoms with Gasteiger partial charge in [0.2, 0.25) is 0 Å². The molecule has 0 spiro atoms. The van der Waals surface area contributed by atoms with Crippen molar-refractivity contribution in [1.82, 2.24) is 10.2 Å². The van der Waals surface area contributed by atoms with Gasteiger partial charge < -0.3 is 15.0 Å². The maximum absolute atomic E-state index is 12.3. The molecule has 6 heteroatoms. The van der Waals surface area contributed by atoms with E-state index in [2.05, 4.69) is 5.32 Å². The second-order valence-electron chi connectivity index (χ2n) is 7.38. The molecular weight excluding hydrogens is 404 g/mol. The minimum Gasteiger partial charge on any atom is -0.454 e. The summed E-state index contributed by atoms with van der Waals surface area (Å²) in [6, 6.07) is 26.4. The standard InChI is InChI=1S/C26H26N2O4/c1-19(20-9-5-3-6-10-20)28(2)24(29)18-32-25(30)17-27-26(31)23-15-13-22(14-16-23)21-11-7-4-8-12-21/h3-16,19H,17-18H2,1-2H3,(H,27,31). The van der Waals surface area contributed by atoms with Crippen molar-refractivity contribution in [2.75, 3.05) is 20.2 Å². The third-order valence-electron chi connectivity index (χ3n) is 5.26. The first kappa shape index (κ1) is 22.7. The Morgan fingerprint density at radius 3 is 2.03 bits per heavy atom. The van der Waals surface area contributed by atoms with Gasteiger partial charge in [0, 0.05) is 12.6 Å². The van der Waals surface area contributed by atoms with Crippen molar-refractivity contribution in [3.05, 3.63) is 96.1 Å². The van der Waals surface area contributed by atoms with E-state index in [4.69, 9.17) is 4.74 Å². The molecule has 164 valence electrons. The number of esters is 1. The van der Waals surface area contributed by atoms with Crippen molar-refractivity contribution in [3.63, 3.8) is 0 Å². The van der Waals surface area contributed by atoms with E-state index in [1.54, 1.807) is 19.2 Å².